The molecule has 0 radical (unpaired) electrons. The highest BCUT2D eigenvalue weighted by Gasteiger charge is 2.30. The van der Waals surface area contributed by atoms with E-state index < -0.39 is 21.8 Å². The van der Waals surface area contributed by atoms with E-state index >= 15 is 0 Å². The number of halogens is 3. The summed E-state index contributed by atoms with van der Waals surface area (Å²) >= 11 is 0. The number of alkyl halides is 3. The van der Waals surface area contributed by atoms with E-state index in [1.54, 1.807) is 0 Å². The molecule has 1 aliphatic heterocycles. The van der Waals surface area contributed by atoms with Crippen molar-refractivity contribution in [2.24, 2.45) is 5.92 Å². The Labute approximate surface area is 150 Å². The summed E-state index contributed by atoms with van der Waals surface area (Å²) in [4.78, 5) is 12.1. The summed E-state index contributed by atoms with van der Waals surface area (Å²) in [6.07, 6.45) is -2.43. The quantitative estimate of drug-likeness (QED) is 0.804. The van der Waals surface area contributed by atoms with E-state index in [1.165, 1.54) is 16.4 Å². The van der Waals surface area contributed by atoms with Crippen LogP contribution in [0.3, 0.4) is 0 Å². The third-order valence-corrected chi connectivity index (χ3v) is 5.37. The fourth-order valence-corrected chi connectivity index (χ4v) is 3.52. The summed E-state index contributed by atoms with van der Waals surface area (Å²) in [5.74, 6) is 4.70. The summed E-state index contributed by atoms with van der Waals surface area (Å²) in [7, 11) is -3.24. The number of amides is 1. The zero-order chi connectivity index (χ0) is 19.4. The van der Waals surface area contributed by atoms with E-state index in [4.69, 9.17) is 0 Å². The third kappa shape index (κ3) is 5.75. The molecule has 5 nitrogen and oxygen atoms in total. The van der Waals surface area contributed by atoms with Crippen LogP contribution < -0.4 is 5.32 Å². The number of carbonyl (C=O) groups is 1. The minimum absolute atomic E-state index is 0.0152. The first-order valence-electron chi connectivity index (χ1n) is 7.96. The van der Waals surface area contributed by atoms with E-state index in [2.05, 4.69) is 17.2 Å². The zero-order valence-corrected chi connectivity index (χ0v) is 15.0. The van der Waals surface area contributed by atoms with Gasteiger partial charge in [-0.05, 0) is 31.0 Å². The fourth-order valence-electron chi connectivity index (χ4n) is 2.64. The van der Waals surface area contributed by atoms with Crippen LogP contribution in [0.1, 0.15) is 24.0 Å². The maximum Gasteiger partial charge on any atom is 0.416 e. The average Bonchev–Trinajstić information content (AvgIpc) is 2.57. The lowest BCUT2D eigenvalue weighted by Gasteiger charge is -2.29. The Morgan fingerprint density at radius 2 is 1.96 bits per heavy atom. The Morgan fingerprint density at radius 3 is 2.54 bits per heavy atom. The fraction of sp³-hybridized carbons (Fsp3) is 0.471. The van der Waals surface area contributed by atoms with E-state index in [1.807, 2.05) is 0 Å². The van der Waals surface area contributed by atoms with E-state index in [9.17, 15) is 26.4 Å². The molecule has 1 aromatic rings. The van der Waals surface area contributed by atoms with Crippen LogP contribution in [0.4, 0.5) is 13.2 Å². The maximum absolute atomic E-state index is 12.6. The molecule has 1 aliphatic rings. The summed E-state index contributed by atoms with van der Waals surface area (Å²) in [5.41, 5.74) is -0.554. The van der Waals surface area contributed by atoms with Crippen LogP contribution in [-0.2, 0) is 21.0 Å². The van der Waals surface area contributed by atoms with Crippen LogP contribution in [0.25, 0.3) is 0 Å². The Balaban J connectivity index is 1.84. The molecular weight excluding hydrogens is 369 g/mol. The largest absolute Gasteiger partial charge is 0.416 e. The van der Waals surface area contributed by atoms with Crippen molar-refractivity contribution in [2.75, 3.05) is 25.9 Å². The second-order valence-corrected chi connectivity index (χ2v) is 8.02. The molecule has 0 spiro atoms. The van der Waals surface area contributed by atoms with Crippen molar-refractivity contribution < 1.29 is 26.4 Å². The Bertz CT molecular complexity index is 818. The molecule has 1 heterocycles. The number of nitrogens with one attached hydrogen (secondary N) is 1. The van der Waals surface area contributed by atoms with Crippen LogP contribution in [-0.4, -0.2) is 44.5 Å². The highest BCUT2D eigenvalue weighted by atomic mass is 32.2. The van der Waals surface area contributed by atoms with Gasteiger partial charge in [0.1, 0.15) is 0 Å². The molecule has 0 saturated carbocycles. The first kappa shape index (κ1) is 20.3. The van der Waals surface area contributed by atoms with Crippen LogP contribution in [0, 0.1) is 17.8 Å². The summed E-state index contributed by atoms with van der Waals surface area (Å²) < 4.78 is 62.1. The maximum atomic E-state index is 12.6. The SMILES string of the molecule is CS(=O)(=O)N1CCC(C(=O)NCC#Cc2cccc(C(F)(F)F)c2)CC1. The highest BCUT2D eigenvalue weighted by Crippen LogP contribution is 2.29. The van der Waals surface area contributed by atoms with Crippen molar-refractivity contribution >= 4 is 15.9 Å². The van der Waals surface area contributed by atoms with Crippen LogP contribution in [0.5, 0.6) is 0 Å². The number of sulfonamides is 1. The van der Waals surface area contributed by atoms with Crippen molar-refractivity contribution in [3.8, 4) is 11.8 Å². The Hall–Kier alpha value is -2.05. The molecule has 9 heteroatoms. The average molecular weight is 388 g/mol. The van der Waals surface area contributed by atoms with Gasteiger partial charge in [0.25, 0.3) is 0 Å². The minimum Gasteiger partial charge on any atom is -0.345 e. The van der Waals surface area contributed by atoms with Gasteiger partial charge in [-0.15, -0.1) is 0 Å². The number of rotatable bonds is 3. The lowest BCUT2D eigenvalue weighted by Crippen LogP contribution is -2.42. The molecule has 1 N–H and O–H groups in total. The van der Waals surface area contributed by atoms with Gasteiger partial charge in [0.2, 0.25) is 15.9 Å². The van der Waals surface area contributed by atoms with E-state index in [0.717, 1.165) is 18.4 Å². The summed E-state index contributed by atoms with van der Waals surface area (Å²) in [6.45, 7) is 0.612. The Morgan fingerprint density at radius 1 is 1.31 bits per heavy atom. The van der Waals surface area contributed by atoms with Crippen molar-refractivity contribution in [1.82, 2.24) is 9.62 Å². The Kier molecular flexibility index (Phi) is 6.31. The molecule has 0 unspecified atom stereocenters. The van der Waals surface area contributed by atoms with E-state index in [0.29, 0.717) is 25.9 Å². The topological polar surface area (TPSA) is 66.5 Å². The van der Waals surface area contributed by atoms with Crippen molar-refractivity contribution in [3.63, 3.8) is 0 Å². The van der Waals surface area contributed by atoms with Gasteiger partial charge < -0.3 is 5.32 Å². The van der Waals surface area contributed by atoms with Gasteiger partial charge in [-0.25, -0.2) is 12.7 Å². The molecule has 1 aromatic carbocycles. The van der Waals surface area contributed by atoms with Gasteiger partial charge in [-0.2, -0.15) is 13.2 Å². The number of carbonyl (C=O) groups excluding carboxylic acids is 1. The van der Waals surface area contributed by atoms with Crippen molar-refractivity contribution in [3.05, 3.63) is 35.4 Å². The molecule has 142 valence electrons. The molecule has 1 amide bonds. The first-order valence-corrected chi connectivity index (χ1v) is 9.81. The second kappa shape index (κ2) is 8.10. The third-order valence-electron chi connectivity index (χ3n) is 4.07. The molecule has 1 saturated heterocycles. The molecular formula is C17H19F3N2O3S. The molecule has 0 atom stereocenters. The van der Waals surface area contributed by atoms with Gasteiger partial charge in [0.05, 0.1) is 18.4 Å². The van der Waals surface area contributed by atoms with Crippen molar-refractivity contribution in [1.29, 1.82) is 0 Å². The monoisotopic (exact) mass is 388 g/mol. The van der Waals surface area contributed by atoms with Crippen LogP contribution in [0.15, 0.2) is 24.3 Å². The molecule has 0 aliphatic carbocycles. The van der Waals surface area contributed by atoms with Gasteiger partial charge >= 0.3 is 6.18 Å². The highest BCUT2D eigenvalue weighted by molar-refractivity contribution is 7.88. The standard InChI is InChI=1S/C17H19F3N2O3S/c1-26(24,25)22-10-7-14(8-11-22)16(23)21-9-3-5-13-4-2-6-15(12-13)17(18,19)20/h2,4,6,12,14H,7-11H2,1H3,(H,21,23). The molecule has 26 heavy (non-hydrogen) atoms. The first-order chi connectivity index (χ1) is 12.1. The summed E-state index contributed by atoms with van der Waals surface area (Å²) in [6, 6.07) is 4.66. The number of hydrogen-bond acceptors (Lipinski definition) is 3. The van der Waals surface area contributed by atoms with Crippen LogP contribution in [0.2, 0.25) is 0 Å². The van der Waals surface area contributed by atoms with Crippen molar-refractivity contribution in [2.45, 2.75) is 19.0 Å². The predicted octanol–water partition coefficient (Wildman–Crippen LogP) is 1.84. The molecule has 0 bridgehead atoms. The smallest absolute Gasteiger partial charge is 0.345 e. The number of benzene rings is 1. The number of hydrogen-bond donors (Lipinski definition) is 1. The predicted molar refractivity (Wildman–Crippen MR) is 90.5 cm³/mol. The molecule has 0 aromatic heterocycles. The number of piperidine rings is 1. The lowest BCUT2D eigenvalue weighted by molar-refractivity contribution is -0.137. The minimum atomic E-state index is -4.42. The van der Waals surface area contributed by atoms with Gasteiger partial charge in [0.15, 0.2) is 0 Å². The van der Waals surface area contributed by atoms with E-state index in [-0.39, 0.29) is 23.9 Å². The van der Waals surface area contributed by atoms with Crippen LogP contribution >= 0.6 is 0 Å². The van der Waals surface area contributed by atoms with Gasteiger partial charge in [-0.1, -0.05) is 17.9 Å². The van der Waals surface area contributed by atoms with Gasteiger partial charge in [0, 0.05) is 24.6 Å². The normalized spacial score (nSPS) is 16.6. The molecule has 1 fully saturated rings. The summed E-state index contributed by atoms with van der Waals surface area (Å²) in [5, 5.41) is 2.62. The molecule has 2 rings (SSSR count). The second-order valence-electron chi connectivity index (χ2n) is 6.03. The number of nitrogens with zero attached hydrogens (tertiary/aromatic N) is 1. The van der Waals surface area contributed by atoms with Gasteiger partial charge in [-0.3, -0.25) is 4.79 Å². The zero-order valence-electron chi connectivity index (χ0n) is 14.1. The lowest BCUT2D eigenvalue weighted by atomic mass is 9.97.